The predicted molar refractivity (Wildman–Crippen MR) is 82.6 cm³/mol. The highest BCUT2D eigenvalue weighted by Gasteiger charge is 2.33. The summed E-state index contributed by atoms with van der Waals surface area (Å²) in [7, 11) is -3.74. The summed E-state index contributed by atoms with van der Waals surface area (Å²) in [5.41, 5.74) is 0. The zero-order valence-corrected chi connectivity index (χ0v) is 13.7. The number of aliphatic hydroxyl groups is 1. The lowest BCUT2D eigenvalue weighted by atomic mass is 9.98. The Morgan fingerprint density at radius 1 is 1.43 bits per heavy atom. The molecule has 2 rings (SSSR count). The first-order chi connectivity index (χ1) is 10.8. The number of amides is 1. The Balaban J connectivity index is 2.11. The first kappa shape index (κ1) is 17.8. The van der Waals surface area contributed by atoms with Gasteiger partial charge in [0.05, 0.1) is 17.4 Å². The molecular weight excluding hydrogens is 323 g/mol. The van der Waals surface area contributed by atoms with Crippen molar-refractivity contribution >= 4 is 15.9 Å². The molecule has 1 aliphatic rings. The molecule has 1 saturated heterocycles. The van der Waals surface area contributed by atoms with Gasteiger partial charge in [-0.25, -0.2) is 12.8 Å². The highest BCUT2D eigenvalue weighted by atomic mass is 32.2. The number of halogens is 1. The number of benzene rings is 1. The third kappa shape index (κ3) is 4.27. The molecule has 6 nitrogen and oxygen atoms in total. The lowest BCUT2D eigenvalue weighted by Gasteiger charge is -2.31. The van der Waals surface area contributed by atoms with E-state index in [4.69, 9.17) is 5.11 Å². The molecule has 128 valence electrons. The molecule has 1 aliphatic heterocycles. The van der Waals surface area contributed by atoms with E-state index in [1.165, 1.54) is 16.4 Å². The molecule has 8 heteroatoms. The lowest BCUT2D eigenvalue weighted by Crippen LogP contribution is -2.47. The maximum atomic E-state index is 13.0. The molecule has 0 aliphatic carbocycles. The number of nitrogens with one attached hydrogen (secondary N) is 1. The maximum Gasteiger partial charge on any atom is 0.243 e. The van der Waals surface area contributed by atoms with E-state index in [0.717, 1.165) is 12.1 Å². The Hall–Kier alpha value is -1.51. The minimum atomic E-state index is -3.74. The van der Waals surface area contributed by atoms with Crippen molar-refractivity contribution < 1.29 is 22.7 Å². The van der Waals surface area contributed by atoms with Crippen molar-refractivity contribution in [2.45, 2.75) is 30.7 Å². The van der Waals surface area contributed by atoms with Crippen molar-refractivity contribution in [1.82, 2.24) is 9.62 Å². The molecule has 0 saturated carbocycles. The third-order valence-electron chi connectivity index (χ3n) is 3.87. The van der Waals surface area contributed by atoms with Gasteiger partial charge in [-0.05, 0) is 44.0 Å². The molecule has 1 amide bonds. The topological polar surface area (TPSA) is 86.7 Å². The molecule has 0 aromatic heterocycles. The summed E-state index contributed by atoms with van der Waals surface area (Å²) in [6, 6.07) is 4.28. The van der Waals surface area contributed by atoms with Crippen LogP contribution in [0.5, 0.6) is 0 Å². The lowest BCUT2D eigenvalue weighted by molar-refractivity contribution is -0.127. The number of hydrogen-bond donors (Lipinski definition) is 2. The summed E-state index contributed by atoms with van der Waals surface area (Å²) < 4.78 is 39.4. The summed E-state index contributed by atoms with van der Waals surface area (Å²) >= 11 is 0. The van der Waals surface area contributed by atoms with Crippen molar-refractivity contribution in [3.05, 3.63) is 30.1 Å². The Morgan fingerprint density at radius 3 is 2.70 bits per heavy atom. The first-order valence-electron chi connectivity index (χ1n) is 7.51. The van der Waals surface area contributed by atoms with Gasteiger partial charge in [0.1, 0.15) is 5.82 Å². The number of carbonyl (C=O) groups is 1. The van der Waals surface area contributed by atoms with Crippen LogP contribution in [0.15, 0.2) is 29.2 Å². The van der Waals surface area contributed by atoms with Crippen LogP contribution in [0.2, 0.25) is 0 Å². The summed E-state index contributed by atoms with van der Waals surface area (Å²) in [6.45, 7) is 1.92. The highest BCUT2D eigenvalue weighted by Crippen LogP contribution is 2.24. The van der Waals surface area contributed by atoms with Gasteiger partial charge in [-0.3, -0.25) is 4.79 Å². The fourth-order valence-corrected chi connectivity index (χ4v) is 4.06. The van der Waals surface area contributed by atoms with E-state index in [9.17, 15) is 17.6 Å². The molecule has 2 N–H and O–H groups in total. The fraction of sp³-hybridized carbons (Fsp3) is 0.533. The van der Waals surface area contributed by atoms with Crippen molar-refractivity contribution in [2.75, 3.05) is 19.7 Å². The van der Waals surface area contributed by atoms with Gasteiger partial charge in [-0.1, -0.05) is 0 Å². The Labute approximate surface area is 135 Å². The summed E-state index contributed by atoms with van der Waals surface area (Å²) in [6.07, 6.45) is 1.17. The van der Waals surface area contributed by atoms with Gasteiger partial charge in [0.15, 0.2) is 0 Å². The van der Waals surface area contributed by atoms with E-state index in [1.807, 2.05) is 0 Å². The minimum Gasteiger partial charge on any atom is -0.394 e. The molecule has 0 bridgehead atoms. The van der Waals surface area contributed by atoms with E-state index in [-0.39, 0.29) is 30.0 Å². The number of rotatable bonds is 5. The molecule has 23 heavy (non-hydrogen) atoms. The highest BCUT2D eigenvalue weighted by molar-refractivity contribution is 7.89. The van der Waals surface area contributed by atoms with Crippen LogP contribution < -0.4 is 5.32 Å². The van der Waals surface area contributed by atoms with E-state index in [1.54, 1.807) is 6.92 Å². The quantitative estimate of drug-likeness (QED) is 0.824. The molecule has 1 heterocycles. The van der Waals surface area contributed by atoms with Crippen LogP contribution in [0.25, 0.3) is 0 Å². The average Bonchev–Trinajstić information content (AvgIpc) is 2.55. The fourth-order valence-electron chi connectivity index (χ4n) is 2.54. The molecule has 2 atom stereocenters. The van der Waals surface area contributed by atoms with Gasteiger partial charge in [-0.15, -0.1) is 0 Å². The summed E-state index contributed by atoms with van der Waals surface area (Å²) in [5, 5.41) is 11.6. The second-order valence-electron chi connectivity index (χ2n) is 5.75. The first-order valence-corrected chi connectivity index (χ1v) is 8.95. The predicted octanol–water partition coefficient (Wildman–Crippen LogP) is 0.723. The van der Waals surface area contributed by atoms with Gasteiger partial charge in [0.25, 0.3) is 0 Å². The van der Waals surface area contributed by atoms with Crippen LogP contribution in [0.3, 0.4) is 0 Å². The number of aliphatic hydroxyl groups excluding tert-OH is 1. The summed E-state index contributed by atoms with van der Waals surface area (Å²) in [5.74, 6) is -1.21. The molecule has 1 aromatic carbocycles. The largest absolute Gasteiger partial charge is 0.394 e. The molecule has 2 unspecified atom stereocenters. The second-order valence-corrected chi connectivity index (χ2v) is 7.69. The van der Waals surface area contributed by atoms with Crippen LogP contribution in [-0.2, 0) is 14.8 Å². The Bertz CT molecular complexity index is 648. The van der Waals surface area contributed by atoms with E-state index in [0.29, 0.717) is 19.4 Å². The van der Waals surface area contributed by atoms with Crippen molar-refractivity contribution in [2.24, 2.45) is 5.92 Å². The Morgan fingerprint density at radius 2 is 2.09 bits per heavy atom. The normalized spacial score (nSPS) is 20.9. The number of sulfonamides is 1. The third-order valence-corrected chi connectivity index (χ3v) is 5.75. The Kier molecular flexibility index (Phi) is 5.72. The van der Waals surface area contributed by atoms with Crippen LogP contribution >= 0.6 is 0 Å². The van der Waals surface area contributed by atoms with Crippen molar-refractivity contribution in [3.63, 3.8) is 0 Å². The zero-order chi connectivity index (χ0) is 17.0. The van der Waals surface area contributed by atoms with Crippen LogP contribution in [0, 0.1) is 11.7 Å². The van der Waals surface area contributed by atoms with Gasteiger partial charge >= 0.3 is 0 Å². The number of carbonyl (C=O) groups excluding carboxylic acids is 1. The number of hydrogen-bond acceptors (Lipinski definition) is 4. The second kappa shape index (κ2) is 7.37. The van der Waals surface area contributed by atoms with Gasteiger partial charge in [0, 0.05) is 19.1 Å². The van der Waals surface area contributed by atoms with Gasteiger partial charge < -0.3 is 10.4 Å². The minimum absolute atomic E-state index is 0.0173. The van der Waals surface area contributed by atoms with Crippen LogP contribution in [-0.4, -0.2) is 49.5 Å². The van der Waals surface area contributed by atoms with Crippen LogP contribution in [0.4, 0.5) is 4.39 Å². The monoisotopic (exact) mass is 344 g/mol. The van der Waals surface area contributed by atoms with Crippen molar-refractivity contribution in [3.8, 4) is 0 Å². The standard InChI is InChI=1S/C15H21FN2O4S/c1-11(10-19)17-15(20)12-3-2-8-18(9-12)23(21,22)14-6-4-13(16)5-7-14/h4-7,11-12,19H,2-3,8-10H2,1H3,(H,17,20). The molecule has 1 fully saturated rings. The maximum absolute atomic E-state index is 13.0. The zero-order valence-electron chi connectivity index (χ0n) is 12.9. The summed E-state index contributed by atoms with van der Waals surface area (Å²) in [4.78, 5) is 12.1. The number of piperidine rings is 1. The van der Waals surface area contributed by atoms with Crippen LogP contribution in [0.1, 0.15) is 19.8 Å². The van der Waals surface area contributed by atoms with E-state index < -0.39 is 21.8 Å². The molecule has 1 aromatic rings. The van der Waals surface area contributed by atoms with E-state index >= 15 is 0 Å². The molecule has 0 spiro atoms. The molecular formula is C15H21FN2O4S. The SMILES string of the molecule is CC(CO)NC(=O)C1CCCN(S(=O)(=O)c2ccc(F)cc2)C1. The average molecular weight is 344 g/mol. The van der Waals surface area contributed by atoms with Gasteiger partial charge in [0.2, 0.25) is 15.9 Å². The van der Waals surface area contributed by atoms with E-state index in [2.05, 4.69) is 5.32 Å². The molecule has 0 radical (unpaired) electrons. The van der Waals surface area contributed by atoms with Crippen molar-refractivity contribution in [1.29, 1.82) is 0 Å². The number of nitrogens with zero attached hydrogens (tertiary/aromatic N) is 1. The smallest absolute Gasteiger partial charge is 0.243 e. The van der Waals surface area contributed by atoms with Gasteiger partial charge in [-0.2, -0.15) is 4.31 Å².